The Morgan fingerprint density at radius 2 is 2.11 bits per heavy atom. The van der Waals surface area contributed by atoms with Gasteiger partial charge in [-0.15, -0.1) is 10.2 Å². The molecule has 2 aromatic rings. The van der Waals surface area contributed by atoms with Gasteiger partial charge in [0, 0.05) is 23.1 Å². The number of halogens is 1. The van der Waals surface area contributed by atoms with E-state index in [-0.39, 0.29) is 0 Å². The number of hydrogen-bond donors (Lipinski definition) is 2. The van der Waals surface area contributed by atoms with Gasteiger partial charge >= 0.3 is 0 Å². The van der Waals surface area contributed by atoms with Gasteiger partial charge < -0.3 is 19.9 Å². The highest BCUT2D eigenvalue weighted by Crippen LogP contribution is 2.23. The fourth-order valence-electron chi connectivity index (χ4n) is 3.22. The van der Waals surface area contributed by atoms with Gasteiger partial charge in [0.25, 0.3) is 0 Å². The Hall–Kier alpha value is -2.09. The first-order valence-electron chi connectivity index (χ1n) is 9.29. The molecule has 1 aliphatic carbocycles. The summed E-state index contributed by atoms with van der Waals surface area (Å²) >= 11 is 3.52. The predicted molar refractivity (Wildman–Crippen MR) is 110 cm³/mol. The largest absolute Gasteiger partial charge is 0.496 e. The normalized spacial score (nSPS) is 15.2. The summed E-state index contributed by atoms with van der Waals surface area (Å²) in [6.07, 6.45) is 4.91. The number of guanidine groups is 1. The standard InChI is InChI=1S/C19H27BrN6O/c1-13-24-25-18(26(13)2)12-22-19(23-16-6-4-5-7-16)21-11-14-10-15(20)8-9-17(14)27-3/h8-10,16H,4-7,11-12H2,1-3H3,(H2,21,22,23). The van der Waals surface area contributed by atoms with E-state index in [0.29, 0.717) is 19.1 Å². The number of aryl methyl sites for hydroxylation is 1. The minimum Gasteiger partial charge on any atom is -0.496 e. The molecule has 1 saturated carbocycles. The predicted octanol–water partition coefficient (Wildman–Crippen LogP) is 3.07. The zero-order valence-electron chi connectivity index (χ0n) is 16.1. The smallest absolute Gasteiger partial charge is 0.192 e. The maximum Gasteiger partial charge on any atom is 0.192 e. The van der Waals surface area contributed by atoms with Gasteiger partial charge in [-0.05, 0) is 38.0 Å². The molecule has 0 radical (unpaired) electrons. The molecule has 1 aromatic carbocycles. The molecule has 1 fully saturated rings. The number of nitrogens with one attached hydrogen (secondary N) is 2. The quantitative estimate of drug-likeness (QED) is 0.539. The maximum atomic E-state index is 5.46. The lowest BCUT2D eigenvalue weighted by Crippen LogP contribution is -2.42. The summed E-state index contributed by atoms with van der Waals surface area (Å²) in [7, 11) is 3.66. The van der Waals surface area contributed by atoms with Crippen molar-refractivity contribution in [3.05, 3.63) is 39.9 Å². The molecule has 0 unspecified atom stereocenters. The molecule has 0 bridgehead atoms. The van der Waals surface area contributed by atoms with Crippen molar-refractivity contribution in [1.29, 1.82) is 0 Å². The van der Waals surface area contributed by atoms with Gasteiger partial charge in [-0.2, -0.15) is 0 Å². The highest BCUT2D eigenvalue weighted by Gasteiger charge is 2.17. The molecule has 2 N–H and O–H groups in total. The molecule has 27 heavy (non-hydrogen) atoms. The van der Waals surface area contributed by atoms with Crippen molar-refractivity contribution in [1.82, 2.24) is 25.4 Å². The van der Waals surface area contributed by atoms with Crippen LogP contribution in [0.15, 0.2) is 27.7 Å². The lowest BCUT2D eigenvalue weighted by molar-refractivity contribution is 0.409. The number of rotatable bonds is 6. The van der Waals surface area contributed by atoms with Gasteiger partial charge in [0.1, 0.15) is 11.6 Å². The van der Waals surface area contributed by atoms with E-state index in [2.05, 4.69) is 36.8 Å². The number of hydrogen-bond acceptors (Lipinski definition) is 4. The molecule has 146 valence electrons. The molecular weight excluding hydrogens is 408 g/mol. The van der Waals surface area contributed by atoms with Crippen molar-refractivity contribution in [2.75, 3.05) is 7.11 Å². The number of ether oxygens (including phenoxy) is 1. The minimum absolute atomic E-state index is 0.474. The Morgan fingerprint density at radius 1 is 1.33 bits per heavy atom. The van der Waals surface area contributed by atoms with E-state index in [0.717, 1.165) is 33.4 Å². The molecule has 0 saturated heterocycles. The van der Waals surface area contributed by atoms with E-state index >= 15 is 0 Å². The first-order chi connectivity index (χ1) is 13.1. The van der Waals surface area contributed by atoms with Crippen molar-refractivity contribution in [3.8, 4) is 5.75 Å². The van der Waals surface area contributed by atoms with Crippen LogP contribution in [-0.4, -0.2) is 33.9 Å². The average Bonchev–Trinajstić information content (AvgIpc) is 3.28. The molecule has 0 spiro atoms. The molecular formula is C19H27BrN6O. The van der Waals surface area contributed by atoms with E-state index in [9.17, 15) is 0 Å². The molecule has 8 heteroatoms. The van der Waals surface area contributed by atoms with Crippen molar-refractivity contribution >= 4 is 21.9 Å². The Kier molecular flexibility index (Phi) is 6.71. The Balaban J connectivity index is 1.73. The van der Waals surface area contributed by atoms with Crippen LogP contribution in [-0.2, 0) is 20.1 Å². The summed E-state index contributed by atoms with van der Waals surface area (Å²) in [5.74, 6) is 3.41. The second-order valence-electron chi connectivity index (χ2n) is 6.82. The van der Waals surface area contributed by atoms with Crippen LogP contribution < -0.4 is 15.4 Å². The molecule has 0 amide bonds. The highest BCUT2D eigenvalue weighted by molar-refractivity contribution is 9.10. The lowest BCUT2D eigenvalue weighted by Gasteiger charge is -2.17. The van der Waals surface area contributed by atoms with E-state index in [1.54, 1.807) is 7.11 Å². The minimum atomic E-state index is 0.474. The van der Waals surface area contributed by atoms with Gasteiger partial charge in [0.2, 0.25) is 0 Å². The topological polar surface area (TPSA) is 76.4 Å². The fraction of sp³-hybridized carbons (Fsp3) is 0.526. The highest BCUT2D eigenvalue weighted by atomic mass is 79.9. The van der Waals surface area contributed by atoms with Gasteiger partial charge in [0.05, 0.1) is 20.2 Å². The summed E-state index contributed by atoms with van der Waals surface area (Å²) in [6, 6.07) is 6.44. The molecule has 0 aliphatic heterocycles. The molecule has 3 rings (SSSR count). The third kappa shape index (κ3) is 5.22. The molecule has 0 atom stereocenters. The van der Waals surface area contributed by atoms with Gasteiger partial charge in [-0.1, -0.05) is 28.8 Å². The number of benzene rings is 1. The first-order valence-corrected chi connectivity index (χ1v) is 10.1. The molecule has 7 nitrogen and oxygen atoms in total. The lowest BCUT2D eigenvalue weighted by atomic mass is 10.2. The maximum absolute atomic E-state index is 5.46. The Bertz CT molecular complexity index is 797. The third-order valence-electron chi connectivity index (χ3n) is 4.94. The zero-order valence-corrected chi connectivity index (χ0v) is 17.7. The summed E-state index contributed by atoms with van der Waals surface area (Å²) in [5, 5.41) is 15.3. The van der Waals surface area contributed by atoms with Crippen molar-refractivity contribution in [2.24, 2.45) is 12.0 Å². The van der Waals surface area contributed by atoms with Crippen LogP contribution in [0.1, 0.15) is 42.9 Å². The van der Waals surface area contributed by atoms with Crippen LogP contribution in [0.4, 0.5) is 0 Å². The molecule has 1 aromatic heterocycles. The number of methoxy groups -OCH3 is 1. The van der Waals surface area contributed by atoms with E-state index in [1.807, 2.05) is 36.7 Å². The second-order valence-corrected chi connectivity index (χ2v) is 7.74. The van der Waals surface area contributed by atoms with Crippen LogP contribution in [0.5, 0.6) is 5.75 Å². The summed E-state index contributed by atoms with van der Waals surface area (Å²) in [4.78, 5) is 4.79. The van der Waals surface area contributed by atoms with E-state index in [1.165, 1.54) is 25.7 Å². The number of aromatic nitrogens is 3. The first kappa shape index (κ1) is 19.7. The third-order valence-corrected chi connectivity index (χ3v) is 5.44. The van der Waals surface area contributed by atoms with Crippen LogP contribution in [0, 0.1) is 6.92 Å². The van der Waals surface area contributed by atoms with E-state index < -0.39 is 0 Å². The molecule has 1 heterocycles. The summed E-state index contributed by atoms with van der Waals surface area (Å²) < 4.78 is 8.46. The Morgan fingerprint density at radius 3 is 2.78 bits per heavy atom. The zero-order chi connectivity index (χ0) is 19.2. The van der Waals surface area contributed by atoms with Crippen molar-refractivity contribution in [3.63, 3.8) is 0 Å². The van der Waals surface area contributed by atoms with Crippen LogP contribution in [0.3, 0.4) is 0 Å². The average molecular weight is 435 g/mol. The SMILES string of the molecule is COc1ccc(Br)cc1CN=C(NCc1nnc(C)n1C)NC1CCCC1. The van der Waals surface area contributed by atoms with Crippen molar-refractivity contribution < 1.29 is 4.74 Å². The van der Waals surface area contributed by atoms with E-state index in [4.69, 9.17) is 9.73 Å². The summed E-state index contributed by atoms with van der Waals surface area (Å²) in [6.45, 7) is 3.05. The van der Waals surface area contributed by atoms with Gasteiger partial charge in [0.15, 0.2) is 11.8 Å². The fourth-order valence-corrected chi connectivity index (χ4v) is 3.63. The van der Waals surface area contributed by atoms with Crippen molar-refractivity contribution in [2.45, 2.75) is 51.7 Å². The Labute approximate surface area is 168 Å². The molecule has 1 aliphatic rings. The van der Waals surface area contributed by atoms with Crippen LogP contribution in [0.25, 0.3) is 0 Å². The van der Waals surface area contributed by atoms with Crippen LogP contribution >= 0.6 is 15.9 Å². The van der Waals surface area contributed by atoms with Crippen LogP contribution in [0.2, 0.25) is 0 Å². The van der Waals surface area contributed by atoms with Gasteiger partial charge in [-0.25, -0.2) is 4.99 Å². The van der Waals surface area contributed by atoms with Gasteiger partial charge in [-0.3, -0.25) is 0 Å². The number of aliphatic imine (C=N–C) groups is 1. The summed E-state index contributed by atoms with van der Waals surface area (Å²) in [5.41, 5.74) is 1.04. The number of nitrogens with zero attached hydrogens (tertiary/aromatic N) is 4. The monoisotopic (exact) mass is 434 g/mol. The second kappa shape index (κ2) is 9.21.